The maximum absolute atomic E-state index is 5.89. The monoisotopic (exact) mass is 271 g/mol. The summed E-state index contributed by atoms with van der Waals surface area (Å²) < 4.78 is 5.02. The molecule has 0 amide bonds. The smallest absolute Gasteiger partial charge is 0.229 e. The Hall–Kier alpha value is -1.81. The molecule has 2 N–H and O–H groups in total. The Morgan fingerprint density at radius 3 is 2.85 bits per heavy atom. The highest BCUT2D eigenvalue weighted by atomic mass is 16.5. The normalized spacial score (nSPS) is 20.8. The van der Waals surface area contributed by atoms with Gasteiger partial charge in [0.25, 0.3) is 0 Å². The molecule has 1 aliphatic heterocycles. The molecule has 2 heterocycles. The van der Waals surface area contributed by atoms with E-state index in [9.17, 15) is 0 Å². The summed E-state index contributed by atoms with van der Waals surface area (Å²) in [5.41, 5.74) is 9.34. The van der Waals surface area contributed by atoms with Gasteiger partial charge in [-0.05, 0) is 56.4 Å². The van der Waals surface area contributed by atoms with Gasteiger partial charge in [0.15, 0.2) is 0 Å². The number of rotatable bonds is 2. The number of nitrogens with zero attached hydrogens (tertiary/aromatic N) is 2. The highest BCUT2D eigenvalue weighted by Gasteiger charge is 2.21. The Balaban J connectivity index is 1.96. The van der Waals surface area contributed by atoms with Crippen molar-refractivity contribution in [3.63, 3.8) is 0 Å². The summed E-state index contributed by atoms with van der Waals surface area (Å²) in [7, 11) is 2.20. The number of hydrogen-bond acceptors (Lipinski definition) is 4. The first-order valence-corrected chi connectivity index (χ1v) is 7.23. The largest absolute Gasteiger partial charge is 0.367 e. The van der Waals surface area contributed by atoms with Gasteiger partial charge in [-0.3, -0.25) is 0 Å². The van der Waals surface area contributed by atoms with E-state index in [0.717, 1.165) is 12.1 Å². The summed E-state index contributed by atoms with van der Waals surface area (Å²) >= 11 is 0. The highest BCUT2D eigenvalue weighted by molar-refractivity contribution is 5.75. The molecule has 1 aliphatic rings. The Morgan fingerprint density at radius 2 is 2.05 bits per heavy atom. The molecule has 0 aliphatic carbocycles. The van der Waals surface area contributed by atoms with Gasteiger partial charge in [-0.2, -0.15) is 0 Å². The number of anilines is 1. The fraction of sp³-hybridized carbons (Fsp3) is 0.438. The van der Waals surface area contributed by atoms with Crippen molar-refractivity contribution in [3.8, 4) is 11.1 Å². The van der Waals surface area contributed by atoms with Gasteiger partial charge < -0.3 is 15.2 Å². The van der Waals surface area contributed by atoms with Gasteiger partial charge in [-0.25, -0.2) is 0 Å². The number of likely N-dealkylation sites (tertiary alicyclic amines) is 1. The Kier molecular flexibility index (Phi) is 3.74. The van der Waals surface area contributed by atoms with E-state index in [1.807, 2.05) is 6.07 Å². The van der Waals surface area contributed by atoms with Crippen LogP contribution in [0.4, 0.5) is 5.88 Å². The Bertz CT molecular complexity index is 579. The quantitative estimate of drug-likeness (QED) is 0.911. The van der Waals surface area contributed by atoms with Crippen molar-refractivity contribution in [2.75, 3.05) is 25.9 Å². The number of aromatic nitrogens is 1. The molecule has 0 bridgehead atoms. The molecular formula is C16H21N3O. The molecule has 3 rings (SSSR count). The minimum absolute atomic E-state index is 0.406. The molecule has 1 saturated heterocycles. The molecule has 1 atom stereocenters. The zero-order chi connectivity index (χ0) is 13.9. The van der Waals surface area contributed by atoms with Crippen molar-refractivity contribution in [3.05, 3.63) is 36.0 Å². The van der Waals surface area contributed by atoms with Crippen LogP contribution in [-0.2, 0) is 0 Å². The fourth-order valence-corrected chi connectivity index (χ4v) is 3.10. The first kappa shape index (κ1) is 13.2. The lowest BCUT2D eigenvalue weighted by atomic mass is 9.87. The van der Waals surface area contributed by atoms with E-state index in [1.54, 1.807) is 6.20 Å². The van der Waals surface area contributed by atoms with Crippen LogP contribution in [0.2, 0.25) is 0 Å². The van der Waals surface area contributed by atoms with E-state index in [0.29, 0.717) is 11.8 Å². The molecule has 106 valence electrons. The van der Waals surface area contributed by atoms with Crippen molar-refractivity contribution in [2.24, 2.45) is 0 Å². The Labute approximate surface area is 119 Å². The van der Waals surface area contributed by atoms with Crippen LogP contribution >= 0.6 is 0 Å². The lowest BCUT2D eigenvalue weighted by molar-refractivity contribution is 0.347. The van der Waals surface area contributed by atoms with Crippen LogP contribution in [0.5, 0.6) is 0 Å². The summed E-state index contributed by atoms with van der Waals surface area (Å²) in [6.45, 7) is 2.34. The third-order valence-corrected chi connectivity index (χ3v) is 4.24. The molecule has 1 aromatic heterocycles. The van der Waals surface area contributed by atoms with Gasteiger partial charge in [-0.15, -0.1) is 0 Å². The predicted molar refractivity (Wildman–Crippen MR) is 80.4 cm³/mol. The molecule has 2 aromatic rings. The lowest BCUT2D eigenvalue weighted by Crippen LogP contribution is -2.18. The first-order chi connectivity index (χ1) is 9.75. The second-order valence-electron chi connectivity index (χ2n) is 5.62. The van der Waals surface area contributed by atoms with Crippen molar-refractivity contribution in [1.82, 2.24) is 10.1 Å². The molecule has 1 unspecified atom stereocenters. The summed E-state index contributed by atoms with van der Waals surface area (Å²) in [4.78, 5) is 2.41. The number of hydrogen-bond donors (Lipinski definition) is 1. The van der Waals surface area contributed by atoms with Crippen LogP contribution < -0.4 is 5.73 Å². The van der Waals surface area contributed by atoms with E-state index >= 15 is 0 Å². The third kappa shape index (κ3) is 2.56. The van der Waals surface area contributed by atoms with Crippen molar-refractivity contribution in [1.29, 1.82) is 0 Å². The van der Waals surface area contributed by atoms with Crippen LogP contribution in [0, 0.1) is 0 Å². The van der Waals surface area contributed by atoms with E-state index in [2.05, 4.69) is 35.3 Å². The molecule has 0 spiro atoms. The SMILES string of the molecule is CN1CCCC(c2ccccc2-c2cnoc2N)CC1. The Morgan fingerprint density at radius 1 is 1.20 bits per heavy atom. The molecule has 1 aromatic carbocycles. The zero-order valence-corrected chi connectivity index (χ0v) is 11.9. The summed E-state index contributed by atoms with van der Waals surface area (Å²) in [5.74, 6) is 0.994. The second-order valence-corrected chi connectivity index (χ2v) is 5.62. The fourth-order valence-electron chi connectivity index (χ4n) is 3.10. The lowest BCUT2D eigenvalue weighted by Gasteiger charge is -2.18. The average Bonchev–Trinajstić information content (AvgIpc) is 2.76. The van der Waals surface area contributed by atoms with Crippen LogP contribution in [0.15, 0.2) is 35.0 Å². The minimum atomic E-state index is 0.406. The van der Waals surface area contributed by atoms with Crippen LogP contribution in [0.25, 0.3) is 11.1 Å². The number of benzene rings is 1. The van der Waals surface area contributed by atoms with Crippen molar-refractivity contribution >= 4 is 5.88 Å². The molecule has 1 fully saturated rings. The van der Waals surface area contributed by atoms with Gasteiger partial charge in [0.2, 0.25) is 5.88 Å². The van der Waals surface area contributed by atoms with Crippen LogP contribution in [0.3, 0.4) is 0 Å². The number of nitrogens with two attached hydrogens (primary N) is 1. The van der Waals surface area contributed by atoms with E-state index in [-0.39, 0.29) is 0 Å². The van der Waals surface area contributed by atoms with Gasteiger partial charge in [0.1, 0.15) is 0 Å². The molecule has 0 saturated carbocycles. The van der Waals surface area contributed by atoms with Gasteiger partial charge in [0, 0.05) is 0 Å². The molecule has 4 heteroatoms. The second kappa shape index (κ2) is 5.67. The molecule has 4 nitrogen and oxygen atoms in total. The van der Waals surface area contributed by atoms with E-state index < -0.39 is 0 Å². The molecule has 20 heavy (non-hydrogen) atoms. The summed E-state index contributed by atoms with van der Waals surface area (Å²) in [5, 5.41) is 3.81. The van der Waals surface area contributed by atoms with Gasteiger partial charge in [-0.1, -0.05) is 29.4 Å². The highest BCUT2D eigenvalue weighted by Crippen LogP contribution is 2.37. The third-order valence-electron chi connectivity index (χ3n) is 4.24. The maximum Gasteiger partial charge on any atom is 0.229 e. The van der Waals surface area contributed by atoms with Gasteiger partial charge >= 0.3 is 0 Å². The number of nitrogen functional groups attached to an aromatic ring is 1. The topological polar surface area (TPSA) is 55.3 Å². The van der Waals surface area contributed by atoms with Crippen LogP contribution in [-0.4, -0.2) is 30.2 Å². The minimum Gasteiger partial charge on any atom is -0.367 e. The van der Waals surface area contributed by atoms with Crippen molar-refractivity contribution in [2.45, 2.75) is 25.2 Å². The summed E-state index contributed by atoms with van der Waals surface area (Å²) in [6.07, 6.45) is 5.39. The van der Waals surface area contributed by atoms with Crippen LogP contribution in [0.1, 0.15) is 30.7 Å². The average molecular weight is 271 g/mol. The van der Waals surface area contributed by atoms with E-state index in [1.165, 1.54) is 36.9 Å². The predicted octanol–water partition coefficient (Wildman–Crippen LogP) is 3.12. The van der Waals surface area contributed by atoms with E-state index in [4.69, 9.17) is 10.3 Å². The standard InChI is InChI=1S/C16H21N3O/c1-19-9-4-5-12(8-10-19)13-6-2-3-7-14(13)15-11-18-20-16(15)17/h2-3,6-7,11-12H,4-5,8-10,17H2,1H3. The first-order valence-electron chi connectivity index (χ1n) is 7.23. The maximum atomic E-state index is 5.89. The molecular weight excluding hydrogens is 250 g/mol. The zero-order valence-electron chi connectivity index (χ0n) is 11.9. The van der Waals surface area contributed by atoms with Crippen molar-refractivity contribution < 1.29 is 4.52 Å². The molecule has 0 radical (unpaired) electrons. The summed E-state index contributed by atoms with van der Waals surface area (Å²) in [6, 6.07) is 8.50. The van der Waals surface area contributed by atoms with Gasteiger partial charge in [0.05, 0.1) is 11.8 Å².